The number of nitrogens with two attached hydrogens (primary N) is 1. The number of anilines is 2. The van der Waals surface area contributed by atoms with Gasteiger partial charge in [0.1, 0.15) is 0 Å². The van der Waals surface area contributed by atoms with Crippen molar-refractivity contribution in [1.29, 1.82) is 0 Å². The number of carbonyl (C=O) groups excluding carboxylic acids is 1. The molecule has 0 fully saturated rings. The van der Waals surface area contributed by atoms with Gasteiger partial charge in [-0.2, -0.15) is 0 Å². The highest BCUT2D eigenvalue weighted by molar-refractivity contribution is 5.89. The largest absolute Gasteiger partial charge is 0.472 e. The Morgan fingerprint density at radius 2 is 2.06 bits per heavy atom. The fraction of sp³-hybridized carbons (Fsp3) is 0.154. The molecular weight excluding hydrogens is 230 g/mol. The molecule has 94 valence electrons. The average Bonchev–Trinajstić information content (AvgIpc) is 2.85. The molecule has 0 saturated heterocycles. The zero-order chi connectivity index (χ0) is 13.0. The molecule has 1 aromatic heterocycles. The van der Waals surface area contributed by atoms with Crippen LogP contribution in [-0.2, 0) is 6.54 Å². The van der Waals surface area contributed by atoms with Gasteiger partial charge >= 0.3 is 6.03 Å². The topological polar surface area (TPSA) is 71.5 Å². The van der Waals surface area contributed by atoms with Gasteiger partial charge in [-0.05, 0) is 30.3 Å². The first-order valence-corrected chi connectivity index (χ1v) is 5.54. The maximum absolute atomic E-state index is 11.9. The molecule has 0 unspecified atom stereocenters. The van der Waals surface area contributed by atoms with Crippen molar-refractivity contribution >= 4 is 17.4 Å². The maximum Gasteiger partial charge on any atom is 0.321 e. The lowest BCUT2D eigenvalue weighted by Crippen LogP contribution is -2.30. The van der Waals surface area contributed by atoms with Crippen molar-refractivity contribution in [3.63, 3.8) is 0 Å². The molecule has 18 heavy (non-hydrogen) atoms. The number of furan rings is 1. The highest BCUT2D eigenvalue weighted by atomic mass is 16.3. The molecule has 1 aromatic carbocycles. The number of benzene rings is 1. The Bertz CT molecular complexity index is 506. The molecule has 1 heterocycles. The van der Waals surface area contributed by atoms with E-state index in [-0.39, 0.29) is 6.03 Å². The number of amides is 2. The van der Waals surface area contributed by atoms with E-state index in [1.165, 1.54) is 0 Å². The van der Waals surface area contributed by atoms with Crippen molar-refractivity contribution in [2.45, 2.75) is 6.54 Å². The lowest BCUT2D eigenvalue weighted by molar-refractivity contribution is 0.220. The molecule has 0 bridgehead atoms. The van der Waals surface area contributed by atoms with Crippen LogP contribution in [0.3, 0.4) is 0 Å². The summed E-state index contributed by atoms with van der Waals surface area (Å²) < 4.78 is 4.95. The molecule has 0 saturated carbocycles. The Morgan fingerprint density at radius 1 is 1.33 bits per heavy atom. The predicted molar refractivity (Wildman–Crippen MR) is 70.0 cm³/mol. The number of nitrogens with zero attached hydrogens (tertiary/aromatic N) is 1. The van der Waals surface area contributed by atoms with E-state index in [2.05, 4.69) is 5.32 Å². The third-order valence-corrected chi connectivity index (χ3v) is 2.51. The predicted octanol–water partition coefficient (Wildman–Crippen LogP) is 2.53. The molecule has 0 aliphatic carbocycles. The van der Waals surface area contributed by atoms with Crippen molar-refractivity contribution in [2.24, 2.45) is 0 Å². The number of carbonyl (C=O) groups is 1. The van der Waals surface area contributed by atoms with E-state index in [1.807, 2.05) is 6.07 Å². The summed E-state index contributed by atoms with van der Waals surface area (Å²) in [6, 6.07) is 8.66. The molecule has 0 radical (unpaired) electrons. The quantitative estimate of drug-likeness (QED) is 0.816. The van der Waals surface area contributed by atoms with Crippen LogP contribution in [-0.4, -0.2) is 18.0 Å². The minimum atomic E-state index is -0.180. The van der Waals surface area contributed by atoms with Crippen LogP contribution in [0.1, 0.15) is 5.56 Å². The number of nitrogen functional groups attached to an aromatic ring is 1. The molecule has 0 aliphatic heterocycles. The second-order valence-corrected chi connectivity index (χ2v) is 4.04. The molecule has 2 amide bonds. The van der Waals surface area contributed by atoms with Crippen LogP contribution in [0.25, 0.3) is 0 Å². The molecular formula is C13H15N3O2. The summed E-state index contributed by atoms with van der Waals surface area (Å²) in [6.45, 7) is 0.497. The monoisotopic (exact) mass is 245 g/mol. The second kappa shape index (κ2) is 5.27. The van der Waals surface area contributed by atoms with E-state index >= 15 is 0 Å². The van der Waals surface area contributed by atoms with Crippen molar-refractivity contribution in [1.82, 2.24) is 4.90 Å². The van der Waals surface area contributed by atoms with E-state index in [0.717, 1.165) is 5.56 Å². The van der Waals surface area contributed by atoms with Gasteiger partial charge in [0, 0.05) is 24.0 Å². The average molecular weight is 245 g/mol. The van der Waals surface area contributed by atoms with Crippen molar-refractivity contribution in [3.05, 3.63) is 48.4 Å². The Labute approximate surface area is 105 Å². The summed E-state index contributed by atoms with van der Waals surface area (Å²) in [5.41, 5.74) is 7.91. The van der Waals surface area contributed by atoms with Crippen LogP contribution in [0, 0.1) is 0 Å². The van der Waals surface area contributed by atoms with Gasteiger partial charge in [-0.15, -0.1) is 0 Å². The van der Waals surface area contributed by atoms with Gasteiger partial charge < -0.3 is 20.4 Å². The second-order valence-electron chi connectivity index (χ2n) is 4.04. The first-order valence-electron chi connectivity index (χ1n) is 5.54. The van der Waals surface area contributed by atoms with Crippen LogP contribution in [0.4, 0.5) is 16.2 Å². The number of hydrogen-bond donors (Lipinski definition) is 2. The van der Waals surface area contributed by atoms with Gasteiger partial charge in [-0.25, -0.2) is 4.79 Å². The summed E-state index contributed by atoms with van der Waals surface area (Å²) in [5, 5.41) is 2.78. The van der Waals surface area contributed by atoms with E-state index in [0.29, 0.717) is 17.9 Å². The van der Waals surface area contributed by atoms with E-state index in [4.69, 9.17) is 10.2 Å². The Hall–Kier alpha value is -2.43. The van der Waals surface area contributed by atoms with Gasteiger partial charge in [0.15, 0.2) is 0 Å². The van der Waals surface area contributed by atoms with Crippen molar-refractivity contribution < 1.29 is 9.21 Å². The molecule has 2 rings (SSSR count). The van der Waals surface area contributed by atoms with Gasteiger partial charge in [0.2, 0.25) is 0 Å². The van der Waals surface area contributed by atoms with Gasteiger partial charge in [0.25, 0.3) is 0 Å². The highest BCUT2D eigenvalue weighted by Crippen LogP contribution is 2.12. The Balaban J connectivity index is 1.93. The smallest absolute Gasteiger partial charge is 0.321 e. The maximum atomic E-state index is 11.9. The van der Waals surface area contributed by atoms with Crippen LogP contribution in [0.15, 0.2) is 47.3 Å². The summed E-state index contributed by atoms with van der Waals surface area (Å²) in [7, 11) is 1.72. The summed E-state index contributed by atoms with van der Waals surface area (Å²) in [6.07, 6.45) is 3.20. The first-order chi connectivity index (χ1) is 8.65. The fourth-order valence-electron chi connectivity index (χ4n) is 1.51. The van der Waals surface area contributed by atoms with Crippen molar-refractivity contribution in [3.8, 4) is 0 Å². The minimum absolute atomic E-state index is 0.180. The molecule has 0 atom stereocenters. The van der Waals surface area contributed by atoms with E-state index < -0.39 is 0 Å². The zero-order valence-electron chi connectivity index (χ0n) is 10.1. The summed E-state index contributed by atoms with van der Waals surface area (Å²) in [5.74, 6) is 0. The highest BCUT2D eigenvalue weighted by Gasteiger charge is 2.09. The van der Waals surface area contributed by atoms with E-state index in [1.54, 1.807) is 48.7 Å². The molecule has 0 spiro atoms. The minimum Gasteiger partial charge on any atom is -0.472 e. The lowest BCUT2D eigenvalue weighted by atomic mass is 10.3. The zero-order valence-corrected chi connectivity index (χ0v) is 10.1. The van der Waals surface area contributed by atoms with Crippen LogP contribution in [0.2, 0.25) is 0 Å². The Morgan fingerprint density at radius 3 is 2.67 bits per heavy atom. The molecule has 0 aliphatic rings. The lowest BCUT2D eigenvalue weighted by Gasteiger charge is -2.17. The standard InChI is InChI=1S/C13H15N3O2/c1-16(8-10-6-7-18-9-10)13(17)15-12-4-2-11(14)3-5-12/h2-7,9H,8,14H2,1H3,(H,15,17). The third kappa shape index (κ3) is 3.04. The van der Waals surface area contributed by atoms with Crippen LogP contribution >= 0.6 is 0 Å². The number of rotatable bonds is 3. The number of nitrogens with one attached hydrogen (secondary N) is 1. The normalized spacial score (nSPS) is 10.1. The third-order valence-electron chi connectivity index (χ3n) is 2.51. The van der Waals surface area contributed by atoms with Gasteiger partial charge in [-0.1, -0.05) is 0 Å². The van der Waals surface area contributed by atoms with Gasteiger partial charge in [0.05, 0.1) is 19.1 Å². The molecule has 2 aromatic rings. The van der Waals surface area contributed by atoms with Crippen molar-refractivity contribution in [2.75, 3.05) is 18.1 Å². The number of urea groups is 1. The summed E-state index contributed by atoms with van der Waals surface area (Å²) in [4.78, 5) is 13.4. The number of hydrogen-bond acceptors (Lipinski definition) is 3. The van der Waals surface area contributed by atoms with Crippen LogP contribution in [0.5, 0.6) is 0 Å². The fourth-order valence-corrected chi connectivity index (χ4v) is 1.51. The first kappa shape index (κ1) is 12.0. The SMILES string of the molecule is CN(Cc1ccoc1)C(=O)Nc1ccc(N)cc1. The summed E-state index contributed by atoms with van der Waals surface area (Å²) >= 11 is 0. The van der Waals surface area contributed by atoms with E-state index in [9.17, 15) is 4.79 Å². The van der Waals surface area contributed by atoms with Crippen LogP contribution < -0.4 is 11.1 Å². The Kier molecular flexibility index (Phi) is 3.52. The van der Waals surface area contributed by atoms with Gasteiger partial charge in [-0.3, -0.25) is 0 Å². The molecule has 5 nitrogen and oxygen atoms in total. The molecule has 3 N–H and O–H groups in total. The molecule has 5 heteroatoms.